The van der Waals surface area contributed by atoms with Gasteiger partial charge in [-0.1, -0.05) is 11.3 Å². The molecule has 0 bridgehead atoms. The molecule has 1 aromatic heterocycles. The van der Waals surface area contributed by atoms with Gasteiger partial charge in [0.25, 0.3) is 5.91 Å². The summed E-state index contributed by atoms with van der Waals surface area (Å²) >= 11 is 1.14. The molecule has 8 nitrogen and oxygen atoms in total. The molecule has 0 atom stereocenters. The van der Waals surface area contributed by atoms with Gasteiger partial charge in [-0.2, -0.15) is 0 Å². The Morgan fingerprint density at radius 2 is 2.14 bits per heavy atom. The molecule has 0 radical (unpaired) electrons. The Kier molecular flexibility index (Phi) is 6.38. The van der Waals surface area contributed by atoms with Crippen molar-refractivity contribution in [1.82, 2.24) is 9.88 Å². The predicted octanol–water partition coefficient (Wildman–Crippen LogP) is 0.120. The van der Waals surface area contributed by atoms with Gasteiger partial charge in [0.05, 0.1) is 13.2 Å². The molecule has 2 amide bonds. The minimum Gasteiger partial charge on any atom is -0.383 e. The highest BCUT2D eigenvalue weighted by Crippen LogP contribution is 2.26. The SMILES string of the molecule is COCCNc1nc(N)c(C(=O)N(CC(N)=O)C(C)C)s1. The summed E-state index contributed by atoms with van der Waals surface area (Å²) in [4.78, 5) is 29.3. The van der Waals surface area contributed by atoms with Gasteiger partial charge in [0.1, 0.15) is 10.7 Å². The topological polar surface area (TPSA) is 124 Å². The first-order valence-electron chi connectivity index (χ1n) is 6.45. The van der Waals surface area contributed by atoms with Crippen LogP contribution >= 0.6 is 11.3 Å². The molecule has 0 aliphatic rings. The lowest BCUT2D eigenvalue weighted by atomic mass is 10.3. The fourth-order valence-corrected chi connectivity index (χ4v) is 2.47. The number of nitrogens with one attached hydrogen (secondary N) is 1. The van der Waals surface area contributed by atoms with Crippen molar-refractivity contribution in [2.75, 3.05) is 37.9 Å². The van der Waals surface area contributed by atoms with Gasteiger partial charge in [-0.3, -0.25) is 9.59 Å². The molecule has 0 saturated heterocycles. The van der Waals surface area contributed by atoms with E-state index in [-0.39, 0.29) is 24.3 Å². The van der Waals surface area contributed by atoms with Crippen molar-refractivity contribution in [3.63, 3.8) is 0 Å². The third-order valence-corrected chi connectivity index (χ3v) is 3.66. The Labute approximate surface area is 127 Å². The van der Waals surface area contributed by atoms with Crippen LogP contribution in [0.2, 0.25) is 0 Å². The first-order chi connectivity index (χ1) is 9.86. The minimum atomic E-state index is -0.571. The van der Waals surface area contributed by atoms with Crippen LogP contribution in [0.1, 0.15) is 23.5 Å². The maximum absolute atomic E-state index is 12.4. The molecule has 118 valence electrons. The number of amides is 2. The van der Waals surface area contributed by atoms with Crippen LogP contribution in [-0.4, -0.2) is 54.5 Å². The molecule has 0 aliphatic heterocycles. The van der Waals surface area contributed by atoms with E-state index in [1.807, 2.05) is 0 Å². The van der Waals surface area contributed by atoms with E-state index in [4.69, 9.17) is 16.2 Å². The van der Waals surface area contributed by atoms with Crippen LogP contribution in [0.5, 0.6) is 0 Å². The summed E-state index contributed by atoms with van der Waals surface area (Å²) < 4.78 is 4.92. The van der Waals surface area contributed by atoms with Crippen LogP contribution in [0.25, 0.3) is 0 Å². The van der Waals surface area contributed by atoms with Gasteiger partial charge < -0.3 is 26.4 Å². The van der Waals surface area contributed by atoms with Gasteiger partial charge in [-0.15, -0.1) is 0 Å². The normalized spacial score (nSPS) is 10.7. The number of ether oxygens (including phenoxy) is 1. The fourth-order valence-electron chi connectivity index (χ4n) is 1.61. The molecule has 0 unspecified atom stereocenters. The Morgan fingerprint density at radius 3 is 2.67 bits per heavy atom. The van der Waals surface area contributed by atoms with Gasteiger partial charge in [-0.25, -0.2) is 4.98 Å². The van der Waals surface area contributed by atoms with Crippen molar-refractivity contribution in [2.24, 2.45) is 5.73 Å². The molecule has 21 heavy (non-hydrogen) atoms. The Balaban J connectivity index is 2.87. The number of methoxy groups -OCH3 is 1. The number of carbonyl (C=O) groups excluding carboxylic acids is 2. The number of rotatable bonds is 8. The second-order valence-corrected chi connectivity index (χ2v) is 5.65. The summed E-state index contributed by atoms with van der Waals surface area (Å²) in [6.45, 7) is 4.53. The van der Waals surface area contributed by atoms with E-state index in [1.54, 1.807) is 21.0 Å². The second-order valence-electron chi connectivity index (χ2n) is 4.65. The molecule has 0 spiro atoms. The number of nitrogen functional groups attached to an aromatic ring is 1. The van der Waals surface area contributed by atoms with E-state index >= 15 is 0 Å². The van der Waals surface area contributed by atoms with Crippen molar-refractivity contribution < 1.29 is 14.3 Å². The fraction of sp³-hybridized carbons (Fsp3) is 0.583. The van der Waals surface area contributed by atoms with E-state index in [0.29, 0.717) is 23.2 Å². The van der Waals surface area contributed by atoms with Crippen molar-refractivity contribution in [1.29, 1.82) is 0 Å². The number of primary amides is 1. The largest absolute Gasteiger partial charge is 0.383 e. The Morgan fingerprint density at radius 1 is 1.48 bits per heavy atom. The third kappa shape index (κ3) is 4.87. The predicted molar refractivity (Wildman–Crippen MR) is 82.3 cm³/mol. The smallest absolute Gasteiger partial charge is 0.268 e. The van der Waals surface area contributed by atoms with Crippen molar-refractivity contribution in [3.05, 3.63) is 4.88 Å². The lowest BCUT2D eigenvalue weighted by Gasteiger charge is -2.24. The Hall–Kier alpha value is -1.87. The monoisotopic (exact) mass is 315 g/mol. The first kappa shape index (κ1) is 17.2. The summed E-state index contributed by atoms with van der Waals surface area (Å²) in [6, 6.07) is -0.170. The average Bonchev–Trinajstić information content (AvgIpc) is 2.76. The van der Waals surface area contributed by atoms with E-state index in [0.717, 1.165) is 11.3 Å². The van der Waals surface area contributed by atoms with Crippen LogP contribution in [0.4, 0.5) is 10.9 Å². The van der Waals surface area contributed by atoms with Gasteiger partial charge in [-0.05, 0) is 13.8 Å². The number of hydrogen-bond donors (Lipinski definition) is 3. The van der Waals surface area contributed by atoms with Gasteiger partial charge in [0, 0.05) is 19.7 Å². The molecule has 5 N–H and O–H groups in total. The molecule has 1 aromatic rings. The van der Waals surface area contributed by atoms with Crippen LogP contribution in [0.3, 0.4) is 0 Å². The zero-order valence-corrected chi connectivity index (χ0v) is 13.2. The molecule has 0 aliphatic carbocycles. The van der Waals surface area contributed by atoms with Gasteiger partial charge >= 0.3 is 0 Å². The van der Waals surface area contributed by atoms with Crippen LogP contribution in [-0.2, 0) is 9.53 Å². The molecule has 0 fully saturated rings. The highest BCUT2D eigenvalue weighted by atomic mass is 32.1. The van der Waals surface area contributed by atoms with Crippen LogP contribution in [0.15, 0.2) is 0 Å². The van der Waals surface area contributed by atoms with Crippen molar-refractivity contribution in [2.45, 2.75) is 19.9 Å². The summed E-state index contributed by atoms with van der Waals surface area (Å²) in [5, 5.41) is 3.55. The van der Waals surface area contributed by atoms with E-state index in [2.05, 4.69) is 10.3 Å². The standard InChI is InChI=1S/C12H21N5O3S/c1-7(2)17(6-8(13)18)11(19)9-10(14)16-12(21-9)15-4-5-20-3/h7H,4-6,14H2,1-3H3,(H2,13,18)(H,15,16). The molecule has 0 aromatic carbocycles. The van der Waals surface area contributed by atoms with Crippen molar-refractivity contribution >= 4 is 34.1 Å². The zero-order chi connectivity index (χ0) is 16.0. The molecular weight excluding hydrogens is 294 g/mol. The molecule has 1 heterocycles. The first-order valence-corrected chi connectivity index (χ1v) is 7.26. The van der Waals surface area contributed by atoms with Crippen LogP contribution < -0.4 is 16.8 Å². The number of thiazole rings is 1. The zero-order valence-electron chi connectivity index (χ0n) is 12.4. The number of nitrogens with zero attached hydrogens (tertiary/aromatic N) is 2. The average molecular weight is 315 g/mol. The van der Waals surface area contributed by atoms with E-state index in [9.17, 15) is 9.59 Å². The quantitative estimate of drug-likeness (QED) is 0.585. The van der Waals surface area contributed by atoms with Gasteiger partial charge in [0.2, 0.25) is 5.91 Å². The minimum absolute atomic E-state index is 0.139. The number of hydrogen-bond acceptors (Lipinski definition) is 7. The lowest BCUT2D eigenvalue weighted by molar-refractivity contribution is -0.119. The highest BCUT2D eigenvalue weighted by Gasteiger charge is 2.25. The summed E-state index contributed by atoms with van der Waals surface area (Å²) in [6.07, 6.45) is 0. The van der Waals surface area contributed by atoms with E-state index in [1.165, 1.54) is 4.90 Å². The summed E-state index contributed by atoms with van der Waals surface area (Å²) in [5.74, 6) is -0.780. The number of carbonyl (C=O) groups is 2. The summed E-state index contributed by atoms with van der Waals surface area (Å²) in [7, 11) is 1.59. The number of anilines is 2. The Bertz CT molecular complexity index is 503. The third-order valence-electron chi connectivity index (χ3n) is 2.64. The molecule has 1 rings (SSSR count). The second kappa shape index (κ2) is 7.79. The lowest BCUT2D eigenvalue weighted by Crippen LogP contribution is -2.42. The van der Waals surface area contributed by atoms with E-state index < -0.39 is 5.91 Å². The molecule has 9 heteroatoms. The molecular formula is C12H21N5O3S. The van der Waals surface area contributed by atoms with Gasteiger partial charge in [0.15, 0.2) is 5.13 Å². The van der Waals surface area contributed by atoms with Crippen molar-refractivity contribution in [3.8, 4) is 0 Å². The number of aromatic nitrogens is 1. The maximum Gasteiger partial charge on any atom is 0.268 e. The maximum atomic E-state index is 12.4. The molecule has 0 saturated carbocycles. The van der Waals surface area contributed by atoms with Crippen LogP contribution in [0, 0.1) is 0 Å². The highest BCUT2D eigenvalue weighted by molar-refractivity contribution is 7.18. The summed E-state index contributed by atoms with van der Waals surface area (Å²) in [5.41, 5.74) is 10.9. The number of nitrogens with two attached hydrogens (primary N) is 2.